The van der Waals surface area contributed by atoms with Gasteiger partial charge in [-0.05, 0) is 34.7 Å². The number of nitrogens with zero attached hydrogens (tertiary/aromatic N) is 2. The quantitative estimate of drug-likeness (QED) is 0.613. The highest BCUT2D eigenvalue weighted by molar-refractivity contribution is 5.45. The molecule has 1 heterocycles. The average Bonchev–Trinajstić information content (AvgIpc) is 2.98. The first kappa shape index (κ1) is 10.9. The van der Waals surface area contributed by atoms with Crippen LogP contribution in [-0.2, 0) is 0 Å². The summed E-state index contributed by atoms with van der Waals surface area (Å²) in [5.41, 5.74) is 0.870. The Morgan fingerprint density at radius 3 is 3.00 bits per heavy atom. The van der Waals surface area contributed by atoms with Crippen molar-refractivity contribution in [3.63, 3.8) is 0 Å². The van der Waals surface area contributed by atoms with Crippen molar-refractivity contribution in [1.29, 1.82) is 0 Å². The maximum atomic E-state index is 10.4. The van der Waals surface area contributed by atoms with E-state index in [9.17, 15) is 10.1 Å². The molecule has 1 aromatic rings. The lowest BCUT2D eigenvalue weighted by Gasteiger charge is -2.02. The molecule has 0 amide bonds. The molecule has 2 atom stereocenters. The van der Waals surface area contributed by atoms with Crippen molar-refractivity contribution in [2.75, 3.05) is 5.32 Å². The SMILES string of the molecule is CCCC1CC1Nc1ccc([N+](=O)[O-])nc1. The van der Waals surface area contributed by atoms with Crippen molar-refractivity contribution < 1.29 is 4.92 Å². The van der Waals surface area contributed by atoms with Crippen LogP contribution in [0.4, 0.5) is 11.5 Å². The van der Waals surface area contributed by atoms with Crippen molar-refractivity contribution >= 4 is 11.5 Å². The van der Waals surface area contributed by atoms with Gasteiger partial charge in [0.25, 0.3) is 0 Å². The third kappa shape index (κ3) is 2.48. The Morgan fingerprint density at radius 1 is 1.62 bits per heavy atom. The van der Waals surface area contributed by atoms with Gasteiger partial charge in [-0.3, -0.25) is 0 Å². The van der Waals surface area contributed by atoms with E-state index < -0.39 is 4.92 Å². The van der Waals surface area contributed by atoms with Gasteiger partial charge in [-0.2, -0.15) is 0 Å². The number of nitrogens with one attached hydrogen (secondary N) is 1. The lowest BCUT2D eigenvalue weighted by molar-refractivity contribution is -0.389. The van der Waals surface area contributed by atoms with E-state index in [4.69, 9.17) is 0 Å². The summed E-state index contributed by atoms with van der Waals surface area (Å²) in [4.78, 5) is 13.7. The molecule has 1 fully saturated rings. The number of hydrogen-bond acceptors (Lipinski definition) is 4. The van der Waals surface area contributed by atoms with Crippen molar-refractivity contribution in [3.8, 4) is 0 Å². The van der Waals surface area contributed by atoms with Gasteiger partial charge in [0.1, 0.15) is 0 Å². The highest BCUT2D eigenvalue weighted by atomic mass is 16.6. The van der Waals surface area contributed by atoms with Gasteiger partial charge in [-0.15, -0.1) is 0 Å². The Morgan fingerprint density at radius 2 is 2.44 bits per heavy atom. The van der Waals surface area contributed by atoms with Gasteiger partial charge >= 0.3 is 5.82 Å². The van der Waals surface area contributed by atoms with Crippen LogP contribution in [0.15, 0.2) is 18.3 Å². The molecule has 5 nitrogen and oxygen atoms in total. The number of nitro groups is 1. The molecule has 2 rings (SSSR count). The van der Waals surface area contributed by atoms with Gasteiger partial charge in [-0.25, -0.2) is 0 Å². The molecular formula is C11H15N3O2. The average molecular weight is 221 g/mol. The van der Waals surface area contributed by atoms with Gasteiger partial charge in [-0.1, -0.05) is 13.3 Å². The normalized spacial score (nSPS) is 22.8. The summed E-state index contributed by atoms with van der Waals surface area (Å²) in [7, 11) is 0. The number of aromatic nitrogens is 1. The molecular weight excluding hydrogens is 206 g/mol. The predicted octanol–water partition coefficient (Wildman–Crippen LogP) is 2.59. The Kier molecular flexibility index (Phi) is 3.03. The van der Waals surface area contributed by atoms with Gasteiger partial charge in [0.05, 0.1) is 5.69 Å². The van der Waals surface area contributed by atoms with Crippen LogP contribution >= 0.6 is 0 Å². The lowest BCUT2D eigenvalue weighted by Crippen LogP contribution is -2.05. The first-order valence-electron chi connectivity index (χ1n) is 5.57. The van der Waals surface area contributed by atoms with Gasteiger partial charge in [0.2, 0.25) is 0 Å². The minimum atomic E-state index is -0.485. The largest absolute Gasteiger partial charge is 0.379 e. The summed E-state index contributed by atoms with van der Waals surface area (Å²) in [5, 5.41) is 13.7. The summed E-state index contributed by atoms with van der Waals surface area (Å²) < 4.78 is 0. The molecule has 0 radical (unpaired) electrons. The van der Waals surface area contributed by atoms with Gasteiger partial charge in [0.15, 0.2) is 6.20 Å². The Labute approximate surface area is 94.0 Å². The fourth-order valence-corrected chi connectivity index (χ4v) is 1.91. The van der Waals surface area contributed by atoms with E-state index in [0.29, 0.717) is 6.04 Å². The molecule has 1 N–H and O–H groups in total. The van der Waals surface area contributed by atoms with Crippen LogP contribution in [0.2, 0.25) is 0 Å². The van der Waals surface area contributed by atoms with Crippen molar-refractivity contribution in [2.24, 2.45) is 5.92 Å². The molecule has 0 spiro atoms. The van der Waals surface area contributed by atoms with E-state index in [0.717, 1.165) is 11.6 Å². The molecule has 5 heteroatoms. The lowest BCUT2D eigenvalue weighted by atomic mass is 10.2. The molecule has 1 aliphatic rings. The highest BCUT2D eigenvalue weighted by Gasteiger charge is 2.35. The van der Waals surface area contributed by atoms with Crippen LogP contribution in [0.5, 0.6) is 0 Å². The maximum Gasteiger partial charge on any atom is 0.363 e. The molecule has 0 aromatic carbocycles. The zero-order valence-corrected chi connectivity index (χ0v) is 9.22. The third-order valence-corrected chi connectivity index (χ3v) is 2.87. The molecule has 2 unspecified atom stereocenters. The molecule has 16 heavy (non-hydrogen) atoms. The zero-order valence-electron chi connectivity index (χ0n) is 9.22. The molecule has 0 saturated heterocycles. The fraction of sp³-hybridized carbons (Fsp3) is 0.545. The Bertz CT molecular complexity index is 377. The van der Waals surface area contributed by atoms with E-state index in [1.54, 1.807) is 6.07 Å². The predicted molar refractivity (Wildman–Crippen MR) is 61.3 cm³/mol. The van der Waals surface area contributed by atoms with Crippen LogP contribution in [0.1, 0.15) is 26.2 Å². The second-order valence-electron chi connectivity index (χ2n) is 4.20. The minimum absolute atomic E-state index is 0.105. The maximum absolute atomic E-state index is 10.4. The zero-order chi connectivity index (χ0) is 11.5. The summed E-state index contributed by atoms with van der Waals surface area (Å²) in [6, 6.07) is 3.68. The first-order valence-corrected chi connectivity index (χ1v) is 5.57. The van der Waals surface area contributed by atoms with Crippen LogP contribution in [-0.4, -0.2) is 15.9 Å². The standard InChI is InChI=1S/C11H15N3O2/c1-2-3-8-6-10(8)13-9-4-5-11(12-7-9)14(15)16/h4-5,7-8,10,13H,2-3,6H2,1H3. The second-order valence-corrected chi connectivity index (χ2v) is 4.20. The Hall–Kier alpha value is -1.65. The van der Waals surface area contributed by atoms with Crippen LogP contribution in [0, 0.1) is 16.0 Å². The van der Waals surface area contributed by atoms with Crippen LogP contribution < -0.4 is 5.32 Å². The molecule has 1 aromatic heterocycles. The third-order valence-electron chi connectivity index (χ3n) is 2.87. The van der Waals surface area contributed by atoms with Crippen molar-refractivity contribution in [3.05, 3.63) is 28.4 Å². The topological polar surface area (TPSA) is 68.1 Å². The van der Waals surface area contributed by atoms with Crippen molar-refractivity contribution in [1.82, 2.24) is 4.98 Å². The highest BCUT2D eigenvalue weighted by Crippen LogP contribution is 2.37. The van der Waals surface area contributed by atoms with E-state index in [1.165, 1.54) is 31.5 Å². The smallest absolute Gasteiger partial charge is 0.363 e. The van der Waals surface area contributed by atoms with Crippen LogP contribution in [0.25, 0.3) is 0 Å². The fourth-order valence-electron chi connectivity index (χ4n) is 1.91. The molecule has 0 bridgehead atoms. The minimum Gasteiger partial charge on any atom is -0.379 e. The summed E-state index contributed by atoms with van der Waals surface area (Å²) in [6.07, 6.45) is 5.18. The summed E-state index contributed by atoms with van der Waals surface area (Å²) >= 11 is 0. The van der Waals surface area contributed by atoms with E-state index in [2.05, 4.69) is 17.2 Å². The van der Waals surface area contributed by atoms with E-state index >= 15 is 0 Å². The summed E-state index contributed by atoms with van der Waals surface area (Å²) in [6.45, 7) is 2.18. The molecule has 86 valence electrons. The van der Waals surface area contributed by atoms with E-state index in [-0.39, 0.29) is 5.82 Å². The number of pyridine rings is 1. The number of hydrogen-bond donors (Lipinski definition) is 1. The monoisotopic (exact) mass is 221 g/mol. The molecule has 0 aliphatic heterocycles. The van der Waals surface area contributed by atoms with Crippen LogP contribution in [0.3, 0.4) is 0 Å². The molecule has 1 aliphatic carbocycles. The van der Waals surface area contributed by atoms with Crippen molar-refractivity contribution in [2.45, 2.75) is 32.2 Å². The van der Waals surface area contributed by atoms with E-state index in [1.807, 2.05) is 0 Å². The first-order chi connectivity index (χ1) is 7.70. The number of rotatable bonds is 5. The van der Waals surface area contributed by atoms with Gasteiger partial charge < -0.3 is 15.4 Å². The number of anilines is 1. The van der Waals surface area contributed by atoms with Gasteiger partial charge in [0, 0.05) is 12.1 Å². The second kappa shape index (κ2) is 4.47. The molecule has 1 saturated carbocycles. The Balaban J connectivity index is 1.89. The summed E-state index contributed by atoms with van der Waals surface area (Å²) in [5.74, 6) is 0.659.